The lowest BCUT2D eigenvalue weighted by Crippen LogP contribution is -2.01. The van der Waals surface area contributed by atoms with Crippen LogP contribution in [0.15, 0.2) is 24.4 Å². The summed E-state index contributed by atoms with van der Waals surface area (Å²) in [7, 11) is 0. The lowest BCUT2D eigenvalue weighted by Gasteiger charge is -2.06. The first-order chi connectivity index (χ1) is 8.56. The third kappa shape index (κ3) is 2.84. The van der Waals surface area contributed by atoms with Crippen LogP contribution in [0.1, 0.15) is 15.4 Å². The molecule has 0 amide bonds. The van der Waals surface area contributed by atoms with Crippen LogP contribution in [-0.4, -0.2) is 9.91 Å². The minimum absolute atomic E-state index is 0.0989. The Bertz CT molecular complexity index is 580. The Morgan fingerprint density at radius 3 is 2.83 bits per heavy atom. The lowest BCUT2D eigenvalue weighted by atomic mass is 10.2. The number of nitrogens with one attached hydrogen (secondary N) is 1. The number of anilines is 1. The average molecular weight is 263 g/mol. The summed E-state index contributed by atoms with van der Waals surface area (Å²) in [5.74, 6) is 0. The third-order valence-electron chi connectivity index (χ3n) is 2.47. The van der Waals surface area contributed by atoms with E-state index in [9.17, 15) is 10.1 Å². The molecule has 0 bridgehead atoms. The molecule has 0 unspecified atom stereocenters. The smallest absolute Gasteiger partial charge is 0.292 e. The second-order valence-corrected chi connectivity index (χ2v) is 5.30. The van der Waals surface area contributed by atoms with Gasteiger partial charge in [0.25, 0.3) is 5.69 Å². The van der Waals surface area contributed by atoms with Gasteiger partial charge in [0.1, 0.15) is 5.69 Å². The van der Waals surface area contributed by atoms with Crippen molar-refractivity contribution in [3.05, 3.63) is 50.0 Å². The number of aromatic nitrogens is 1. The number of nitro groups is 1. The first-order valence-electron chi connectivity index (χ1n) is 5.46. The van der Waals surface area contributed by atoms with Gasteiger partial charge in [-0.3, -0.25) is 10.1 Å². The number of aryl methyl sites for hydroxylation is 2. The first kappa shape index (κ1) is 12.5. The van der Waals surface area contributed by atoms with Crippen molar-refractivity contribution >= 4 is 22.7 Å². The minimum atomic E-state index is -0.375. The third-order valence-corrected chi connectivity index (χ3v) is 3.38. The summed E-state index contributed by atoms with van der Waals surface area (Å²) in [6.07, 6.45) is 1.79. The van der Waals surface area contributed by atoms with Gasteiger partial charge >= 0.3 is 0 Å². The van der Waals surface area contributed by atoms with Crippen molar-refractivity contribution in [2.24, 2.45) is 0 Å². The molecule has 0 radical (unpaired) electrons. The summed E-state index contributed by atoms with van der Waals surface area (Å²) in [6, 6.07) is 5.04. The molecule has 0 aliphatic heterocycles. The number of hydrogen-bond donors (Lipinski definition) is 1. The molecule has 1 heterocycles. The number of nitrogens with zero attached hydrogens (tertiary/aromatic N) is 2. The van der Waals surface area contributed by atoms with Crippen LogP contribution < -0.4 is 5.32 Å². The Kier molecular flexibility index (Phi) is 3.57. The van der Waals surface area contributed by atoms with Crippen LogP contribution in [-0.2, 0) is 6.54 Å². The number of thiazole rings is 1. The summed E-state index contributed by atoms with van der Waals surface area (Å²) in [4.78, 5) is 15.7. The zero-order valence-corrected chi connectivity index (χ0v) is 11.0. The van der Waals surface area contributed by atoms with E-state index in [0.29, 0.717) is 12.2 Å². The van der Waals surface area contributed by atoms with E-state index >= 15 is 0 Å². The van der Waals surface area contributed by atoms with Crippen molar-refractivity contribution in [3.8, 4) is 0 Å². The molecule has 0 spiro atoms. The summed E-state index contributed by atoms with van der Waals surface area (Å²) in [6.45, 7) is 4.39. The highest BCUT2D eigenvalue weighted by Gasteiger charge is 2.13. The Hall–Kier alpha value is -1.95. The maximum atomic E-state index is 10.9. The number of nitro benzene ring substituents is 1. The Balaban J connectivity index is 2.17. The Morgan fingerprint density at radius 1 is 1.44 bits per heavy atom. The molecule has 2 rings (SSSR count). The molecule has 1 aromatic carbocycles. The van der Waals surface area contributed by atoms with Crippen molar-refractivity contribution in [2.45, 2.75) is 20.4 Å². The van der Waals surface area contributed by atoms with Gasteiger partial charge in [-0.2, -0.15) is 0 Å². The van der Waals surface area contributed by atoms with E-state index in [0.717, 1.165) is 15.4 Å². The van der Waals surface area contributed by atoms with Crippen molar-refractivity contribution < 1.29 is 4.92 Å². The number of rotatable bonds is 4. The molecule has 1 aromatic heterocycles. The van der Waals surface area contributed by atoms with E-state index in [2.05, 4.69) is 10.3 Å². The van der Waals surface area contributed by atoms with E-state index in [1.807, 2.05) is 13.8 Å². The fraction of sp³-hybridized carbons (Fsp3) is 0.250. The van der Waals surface area contributed by atoms with Crippen molar-refractivity contribution in [2.75, 3.05) is 5.32 Å². The fourth-order valence-corrected chi connectivity index (χ4v) is 2.35. The van der Waals surface area contributed by atoms with Crippen LogP contribution in [0.2, 0.25) is 0 Å². The largest absolute Gasteiger partial charge is 0.375 e. The molecule has 0 aliphatic carbocycles. The van der Waals surface area contributed by atoms with Crippen molar-refractivity contribution in [1.82, 2.24) is 4.98 Å². The predicted molar refractivity (Wildman–Crippen MR) is 72.0 cm³/mol. The molecule has 0 fully saturated rings. The Morgan fingerprint density at radius 2 is 2.22 bits per heavy atom. The highest BCUT2D eigenvalue weighted by molar-refractivity contribution is 7.11. The standard InChI is InChI=1S/C12H13N3O2S/c1-8-3-4-12(15(16)17)11(5-8)14-7-10-6-13-9(2)18-10/h3-6,14H,7H2,1-2H3. The van der Waals surface area contributed by atoms with Crippen molar-refractivity contribution in [1.29, 1.82) is 0 Å². The van der Waals surface area contributed by atoms with Gasteiger partial charge in [0.15, 0.2) is 0 Å². The molecule has 0 saturated carbocycles. The molecule has 0 aliphatic rings. The lowest BCUT2D eigenvalue weighted by molar-refractivity contribution is -0.384. The van der Waals surface area contributed by atoms with E-state index in [4.69, 9.17) is 0 Å². The molecular formula is C12H13N3O2S. The number of benzene rings is 1. The molecule has 0 saturated heterocycles. The first-order valence-corrected chi connectivity index (χ1v) is 6.28. The summed E-state index contributed by atoms with van der Waals surface area (Å²) >= 11 is 1.58. The molecular weight excluding hydrogens is 250 g/mol. The van der Waals surface area contributed by atoms with Crippen LogP contribution in [0.4, 0.5) is 11.4 Å². The summed E-state index contributed by atoms with van der Waals surface area (Å²) in [5, 5.41) is 15.0. The zero-order valence-electron chi connectivity index (χ0n) is 10.1. The van der Waals surface area contributed by atoms with Crippen LogP contribution in [0, 0.1) is 24.0 Å². The average Bonchev–Trinajstić information content (AvgIpc) is 2.72. The maximum absolute atomic E-state index is 10.9. The van der Waals surface area contributed by atoms with Gasteiger partial charge < -0.3 is 5.32 Å². The summed E-state index contributed by atoms with van der Waals surface area (Å²) < 4.78 is 0. The van der Waals surface area contributed by atoms with Crippen LogP contribution in [0.5, 0.6) is 0 Å². The van der Waals surface area contributed by atoms with Gasteiger partial charge in [0.05, 0.1) is 16.5 Å². The van der Waals surface area contributed by atoms with Crippen LogP contribution >= 0.6 is 11.3 Å². The zero-order chi connectivity index (χ0) is 13.1. The molecule has 5 nitrogen and oxygen atoms in total. The quantitative estimate of drug-likeness (QED) is 0.679. The molecule has 0 atom stereocenters. The second-order valence-electron chi connectivity index (χ2n) is 3.98. The van der Waals surface area contributed by atoms with Gasteiger partial charge in [-0.05, 0) is 25.5 Å². The van der Waals surface area contributed by atoms with Gasteiger partial charge in [0.2, 0.25) is 0 Å². The predicted octanol–water partition coefficient (Wildman–Crippen LogP) is 3.28. The van der Waals surface area contributed by atoms with E-state index in [1.54, 1.807) is 29.7 Å². The normalized spacial score (nSPS) is 10.3. The highest BCUT2D eigenvalue weighted by atomic mass is 32.1. The Labute approximate surface area is 109 Å². The SMILES string of the molecule is Cc1ccc([N+](=O)[O-])c(NCc2cnc(C)s2)c1. The minimum Gasteiger partial charge on any atom is -0.375 e. The van der Waals surface area contributed by atoms with Crippen LogP contribution in [0.25, 0.3) is 0 Å². The monoisotopic (exact) mass is 263 g/mol. The molecule has 2 aromatic rings. The van der Waals surface area contributed by atoms with Gasteiger partial charge in [0, 0.05) is 17.1 Å². The molecule has 1 N–H and O–H groups in total. The van der Waals surface area contributed by atoms with E-state index in [1.165, 1.54) is 6.07 Å². The van der Waals surface area contributed by atoms with E-state index in [-0.39, 0.29) is 10.6 Å². The van der Waals surface area contributed by atoms with Crippen molar-refractivity contribution in [3.63, 3.8) is 0 Å². The second kappa shape index (κ2) is 5.14. The van der Waals surface area contributed by atoms with E-state index < -0.39 is 0 Å². The topological polar surface area (TPSA) is 68.1 Å². The molecule has 18 heavy (non-hydrogen) atoms. The van der Waals surface area contributed by atoms with Gasteiger partial charge in [-0.15, -0.1) is 11.3 Å². The number of hydrogen-bond acceptors (Lipinski definition) is 5. The highest BCUT2D eigenvalue weighted by Crippen LogP contribution is 2.26. The summed E-state index contributed by atoms with van der Waals surface area (Å²) in [5.41, 5.74) is 1.64. The van der Waals surface area contributed by atoms with Gasteiger partial charge in [-0.1, -0.05) is 6.07 Å². The maximum Gasteiger partial charge on any atom is 0.292 e. The van der Waals surface area contributed by atoms with Gasteiger partial charge in [-0.25, -0.2) is 4.98 Å². The fourth-order valence-electron chi connectivity index (χ4n) is 1.62. The molecule has 94 valence electrons. The molecule has 6 heteroatoms. The van der Waals surface area contributed by atoms with Crippen LogP contribution in [0.3, 0.4) is 0 Å².